The Morgan fingerprint density at radius 1 is 0.840 bits per heavy atom. The zero-order valence-electron chi connectivity index (χ0n) is 14.0. The Morgan fingerprint density at radius 3 is 2.28 bits per heavy atom. The van der Waals surface area contributed by atoms with Crippen molar-refractivity contribution in [2.24, 2.45) is 0 Å². The topological polar surface area (TPSA) is 30.0 Å². The lowest BCUT2D eigenvalue weighted by molar-refractivity contribution is -0.119. The molecule has 2 aromatic carbocycles. The first-order chi connectivity index (χ1) is 12.2. The van der Waals surface area contributed by atoms with Crippen molar-refractivity contribution in [3.05, 3.63) is 89.2 Å². The summed E-state index contributed by atoms with van der Waals surface area (Å²) in [6.07, 6.45) is 6.27. The predicted octanol–water partition coefficient (Wildman–Crippen LogP) is 5.54. The number of benzene rings is 2. The lowest BCUT2D eigenvalue weighted by Gasteiger charge is -2.05. The van der Waals surface area contributed by atoms with Gasteiger partial charge < -0.3 is 0 Å². The summed E-state index contributed by atoms with van der Waals surface area (Å²) in [5.74, 6) is 0.294. The van der Waals surface area contributed by atoms with E-state index in [0.29, 0.717) is 18.6 Å². The number of halogens is 1. The Labute approximate surface area is 153 Å². The summed E-state index contributed by atoms with van der Waals surface area (Å²) in [7, 11) is 0. The molecule has 3 rings (SSSR count). The van der Waals surface area contributed by atoms with Crippen molar-refractivity contribution in [2.75, 3.05) is 0 Å². The third kappa shape index (κ3) is 5.27. The zero-order chi connectivity index (χ0) is 17.5. The highest BCUT2D eigenvalue weighted by atomic mass is 35.5. The standard InChI is InChI=1S/C22H20ClNO/c23-21-5-1-4-20(15-21)19-10-6-17(7-11-19)8-12-22(25)13-9-18-3-2-14-24-16-18/h1-7,10-11,14-16H,8-9,12-13H2. The minimum absolute atomic E-state index is 0.294. The van der Waals surface area contributed by atoms with Crippen LogP contribution in [0, 0.1) is 0 Å². The predicted molar refractivity (Wildman–Crippen MR) is 103 cm³/mol. The molecule has 1 aromatic heterocycles. The number of hydrogen-bond donors (Lipinski definition) is 0. The van der Waals surface area contributed by atoms with Crippen molar-refractivity contribution in [3.63, 3.8) is 0 Å². The quantitative estimate of drug-likeness (QED) is 0.560. The maximum absolute atomic E-state index is 12.1. The summed E-state index contributed by atoms with van der Waals surface area (Å²) in [5, 5.41) is 0.737. The number of ketones is 1. The summed E-state index contributed by atoms with van der Waals surface area (Å²) in [5.41, 5.74) is 4.53. The van der Waals surface area contributed by atoms with Crippen molar-refractivity contribution in [1.29, 1.82) is 0 Å². The molecule has 1 heterocycles. The second-order valence-electron chi connectivity index (χ2n) is 6.11. The van der Waals surface area contributed by atoms with Gasteiger partial charge in [0.25, 0.3) is 0 Å². The van der Waals surface area contributed by atoms with Gasteiger partial charge in [-0.2, -0.15) is 0 Å². The molecule has 0 unspecified atom stereocenters. The van der Waals surface area contributed by atoms with Gasteiger partial charge >= 0.3 is 0 Å². The van der Waals surface area contributed by atoms with Crippen molar-refractivity contribution >= 4 is 17.4 Å². The summed E-state index contributed by atoms with van der Waals surface area (Å²) in [4.78, 5) is 16.2. The molecule has 0 bridgehead atoms. The van der Waals surface area contributed by atoms with Gasteiger partial charge in [-0.15, -0.1) is 0 Å². The van der Waals surface area contributed by atoms with E-state index in [2.05, 4.69) is 29.2 Å². The molecule has 126 valence electrons. The van der Waals surface area contributed by atoms with Crippen molar-refractivity contribution in [1.82, 2.24) is 4.98 Å². The third-order valence-corrected chi connectivity index (χ3v) is 4.45. The monoisotopic (exact) mass is 349 g/mol. The van der Waals surface area contributed by atoms with Crippen LogP contribution in [0.25, 0.3) is 11.1 Å². The third-order valence-electron chi connectivity index (χ3n) is 4.22. The molecular formula is C22H20ClNO. The summed E-state index contributed by atoms with van der Waals surface area (Å²) in [6.45, 7) is 0. The molecule has 0 saturated carbocycles. The van der Waals surface area contributed by atoms with Crippen molar-refractivity contribution < 1.29 is 4.79 Å². The summed E-state index contributed by atoms with van der Waals surface area (Å²) >= 11 is 6.04. The maximum Gasteiger partial charge on any atom is 0.133 e. The fraction of sp³-hybridized carbons (Fsp3) is 0.182. The van der Waals surface area contributed by atoms with Crippen LogP contribution in [-0.4, -0.2) is 10.8 Å². The van der Waals surface area contributed by atoms with E-state index in [9.17, 15) is 4.79 Å². The molecule has 25 heavy (non-hydrogen) atoms. The Hall–Kier alpha value is -2.45. The molecule has 0 atom stereocenters. The van der Waals surface area contributed by atoms with Crippen LogP contribution in [0.1, 0.15) is 24.0 Å². The molecule has 0 spiro atoms. The summed E-state index contributed by atoms with van der Waals surface area (Å²) < 4.78 is 0. The van der Waals surface area contributed by atoms with Gasteiger partial charge in [0.2, 0.25) is 0 Å². The Bertz CT molecular complexity index is 828. The number of nitrogens with zero attached hydrogens (tertiary/aromatic N) is 1. The van der Waals surface area contributed by atoms with E-state index in [0.717, 1.165) is 34.6 Å². The number of pyridine rings is 1. The van der Waals surface area contributed by atoms with Gasteiger partial charge in [0.1, 0.15) is 5.78 Å². The molecule has 0 radical (unpaired) electrons. The number of Topliss-reactive ketones (excluding diaryl/α,β-unsaturated/α-hetero) is 1. The van der Waals surface area contributed by atoms with Crippen LogP contribution in [0.5, 0.6) is 0 Å². The fourth-order valence-corrected chi connectivity index (χ4v) is 2.96. The maximum atomic E-state index is 12.1. The van der Waals surface area contributed by atoms with E-state index in [4.69, 9.17) is 11.6 Å². The van der Waals surface area contributed by atoms with Crippen LogP contribution in [0.15, 0.2) is 73.1 Å². The van der Waals surface area contributed by atoms with Gasteiger partial charge in [0.05, 0.1) is 0 Å². The average molecular weight is 350 g/mol. The van der Waals surface area contributed by atoms with E-state index in [1.165, 1.54) is 5.56 Å². The first-order valence-electron chi connectivity index (χ1n) is 8.46. The molecule has 0 fully saturated rings. The second kappa shape index (κ2) is 8.59. The summed E-state index contributed by atoms with van der Waals surface area (Å²) in [6, 6.07) is 20.1. The highest BCUT2D eigenvalue weighted by Crippen LogP contribution is 2.23. The van der Waals surface area contributed by atoms with Crippen LogP contribution >= 0.6 is 11.6 Å². The van der Waals surface area contributed by atoms with E-state index in [-0.39, 0.29) is 0 Å². The number of aryl methyl sites for hydroxylation is 2. The highest BCUT2D eigenvalue weighted by molar-refractivity contribution is 6.30. The van der Waals surface area contributed by atoms with E-state index < -0.39 is 0 Å². The van der Waals surface area contributed by atoms with Gasteiger partial charge in [-0.25, -0.2) is 0 Å². The van der Waals surface area contributed by atoms with E-state index >= 15 is 0 Å². The minimum atomic E-state index is 0.294. The smallest absolute Gasteiger partial charge is 0.133 e. The lowest BCUT2D eigenvalue weighted by atomic mass is 10.00. The van der Waals surface area contributed by atoms with Crippen molar-refractivity contribution in [2.45, 2.75) is 25.7 Å². The molecule has 0 aliphatic carbocycles. The van der Waals surface area contributed by atoms with Crippen LogP contribution < -0.4 is 0 Å². The van der Waals surface area contributed by atoms with Gasteiger partial charge in [-0.3, -0.25) is 9.78 Å². The lowest BCUT2D eigenvalue weighted by Crippen LogP contribution is -2.02. The first kappa shape index (κ1) is 17.4. The van der Waals surface area contributed by atoms with Gasteiger partial charge in [0, 0.05) is 30.3 Å². The Kier molecular flexibility index (Phi) is 5.97. The van der Waals surface area contributed by atoms with Crippen molar-refractivity contribution in [3.8, 4) is 11.1 Å². The number of rotatable bonds is 7. The van der Waals surface area contributed by atoms with Gasteiger partial charge in [-0.1, -0.05) is 54.1 Å². The van der Waals surface area contributed by atoms with Gasteiger partial charge in [-0.05, 0) is 53.3 Å². The molecule has 0 aliphatic rings. The number of hydrogen-bond acceptors (Lipinski definition) is 2. The number of carbonyl (C=O) groups excluding carboxylic acids is 1. The van der Waals surface area contributed by atoms with Crippen LogP contribution in [0.3, 0.4) is 0 Å². The normalized spacial score (nSPS) is 10.6. The number of carbonyl (C=O) groups is 1. The van der Waals surface area contributed by atoms with E-state index in [1.807, 2.05) is 42.6 Å². The van der Waals surface area contributed by atoms with Gasteiger partial charge in [0.15, 0.2) is 0 Å². The minimum Gasteiger partial charge on any atom is -0.300 e. The first-order valence-corrected chi connectivity index (χ1v) is 8.84. The highest BCUT2D eigenvalue weighted by Gasteiger charge is 2.05. The Morgan fingerprint density at radius 2 is 1.60 bits per heavy atom. The largest absolute Gasteiger partial charge is 0.300 e. The molecule has 0 aliphatic heterocycles. The number of aromatic nitrogens is 1. The van der Waals surface area contributed by atoms with Crippen LogP contribution in [0.4, 0.5) is 0 Å². The molecule has 0 amide bonds. The SMILES string of the molecule is O=C(CCc1ccc(-c2cccc(Cl)c2)cc1)CCc1cccnc1. The molecule has 3 heteroatoms. The Balaban J connectivity index is 1.51. The molecule has 2 nitrogen and oxygen atoms in total. The van der Waals surface area contributed by atoms with E-state index in [1.54, 1.807) is 6.20 Å². The zero-order valence-corrected chi connectivity index (χ0v) is 14.7. The molecule has 0 N–H and O–H groups in total. The van der Waals surface area contributed by atoms with Crippen LogP contribution in [-0.2, 0) is 17.6 Å². The van der Waals surface area contributed by atoms with Crippen LogP contribution in [0.2, 0.25) is 5.02 Å². The molecule has 3 aromatic rings. The average Bonchev–Trinajstić information content (AvgIpc) is 2.66. The fourth-order valence-electron chi connectivity index (χ4n) is 2.77. The molecule has 0 saturated heterocycles. The molecular weight excluding hydrogens is 330 g/mol. The second-order valence-corrected chi connectivity index (χ2v) is 6.54.